The molecule has 3 aromatic rings. The van der Waals surface area contributed by atoms with Crippen LogP contribution in [0.5, 0.6) is 0 Å². The van der Waals surface area contributed by atoms with E-state index in [0.29, 0.717) is 12.5 Å². The summed E-state index contributed by atoms with van der Waals surface area (Å²) in [5.74, 6) is 0.435. The van der Waals surface area contributed by atoms with Gasteiger partial charge in [-0.15, -0.1) is 0 Å². The Hall–Kier alpha value is -2.86. The zero-order chi connectivity index (χ0) is 16.9. The average Bonchev–Trinajstić information content (AvgIpc) is 2.91. The maximum absolute atomic E-state index is 12.4. The van der Waals surface area contributed by atoms with E-state index in [1.54, 1.807) is 6.92 Å². The Morgan fingerprint density at radius 3 is 2.62 bits per heavy atom. The number of nitrogens with zero attached hydrogens (tertiary/aromatic N) is 2. The molecule has 6 heteroatoms. The van der Waals surface area contributed by atoms with Crippen molar-refractivity contribution >= 4 is 28.6 Å². The molecule has 0 fully saturated rings. The second kappa shape index (κ2) is 7.14. The Labute approximate surface area is 140 Å². The first-order valence-corrected chi connectivity index (χ1v) is 7.85. The molecule has 1 amide bonds. The van der Waals surface area contributed by atoms with Crippen LogP contribution in [-0.2, 0) is 11.3 Å². The first-order chi connectivity index (χ1) is 11.6. The molecule has 0 saturated heterocycles. The molecule has 1 heterocycles. The van der Waals surface area contributed by atoms with E-state index >= 15 is 0 Å². The summed E-state index contributed by atoms with van der Waals surface area (Å²) in [6.45, 7) is 2.20. The molecule has 3 N–H and O–H groups in total. The van der Waals surface area contributed by atoms with Crippen LogP contribution in [0.25, 0.3) is 11.0 Å². The molecule has 0 spiro atoms. The van der Waals surface area contributed by atoms with E-state index in [1.807, 2.05) is 59.2 Å². The van der Waals surface area contributed by atoms with E-state index in [9.17, 15) is 9.90 Å². The number of anilines is 2. The second-order valence-electron chi connectivity index (χ2n) is 5.65. The molecule has 0 aliphatic rings. The number of amides is 1. The van der Waals surface area contributed by atoms with Crippen molar-refractivity contribution in [2.75, 3.05) is 17.2 Å². The zero-order valence-electron chi connectivity index (χ0n) is 13.4. The van der Waals surface area contributed by atoms with Crippen molar-refractivity contribution in [3.05, 3.63) is 54.6 Å². The van der Waals surface area contributed by atoms with Crippen molar-refractivity contribution in [3.8, 4) is 0 Å². The van der Waals surface area contributed by atoms with E-state index in [1.165, 1.54) is 0 Å². The van der Waals surface area contributed by atoms with Gasteiger partial charge in [-0.05, 0) is 31.2 Å². The fraction of sp³-hybridized carbons (Fsp3) is 0.222. The van der Waals surface area contributed by atoms with Gasteiger partial charge in [-0.2, -0.15) is 0 Å². The summed E-state index contributed by atoms with van der Waals surface area (Å²) in [6.07, 6.45) is -0.503. The summed E-state index contributed by atoms with van der Waals surface area (Å²) in [5.41, 5.74) is 2.43. The average molecular weight is 324 g/mol. The minimum Gasteiger partial charge on any atom is -0.392 e. The van der Waals surface area contributed by atoms with Crippen LogP contribution in [0.1, 0.15) is 6.92 Å². The monoisotopic (exact) mass is 324 g/mol. The first-order valence-electron chi connectivity index (χ1n) is 7.85. The molecule has 0 aliphatic carbocycles. The molecule has 3 rings (SSSR count). The highest BCUT2D eigenvalue weighted by molar-refractivity contribution is 5.92. The topological polar surface area (TPSA) is 79.2 Å². The van der Waals surface area contributed by atoms with Gasteiger partial charge in [0.2, 0.25) is 11.9 Å². The summed E-state index contributed by atoms with van der Waals surface area (Å²) in [4.78, 5) is 16.9. The molecule has 0 saturated carbocycles. The number of para-hydroxylation sites is 3. The summed E-state index contributed by atoms with van der Waals surface area (Å²) in [6, 6.07) is 17.0. The lowest BCUT2D eigenvalue weighted by Crippen LogP contribution is -2.22. The molecule has 0 bridgehead atoms. The summed E-state index contributed by atoms with van der Waals surface area (Å²) in [5, 5.41) is 15.4. The van der Waals surface area contributed by atoms with Gasteiger partial charge in [-0.25, -0.2) is 4.98 Å². The maximum atomic E-state index is 12.4. The number of carbonyl (C=O) groups excluding carboxylic acids is 1. The number of rotatable bonds is 6. The number of imidazole rings is 1. The number of nitrogens with one attached hydrogen (secondary N) is 2. The lowest BCUT2D eigenvalue weighted by atomic mass is 10.3. The van der Waals surface area contributed by atoms with Gasteiger partial charge in [0.25, 0.3) is 0 Å². The molecule has 0 radical (unpaired) electrons. The van der Waals surface area contributed by atoms with Crippen LogP contribution in [0.4, 0.5) is 11.6 Å². The van der Waals surface area contributed by atoms with Crippen LogP contribution < -0.4 is 10.6 Å². The largest absolute Gasteiger partial charge is 0.392 e. The molecule has 2 aromatic carbocycles. The molecular weight excluding hydrogens is 304 g/mol. The van der Waals surface area contributed by atoms with Crippen LogP contribution >= 0.6 is 0 Å². The van der Waals surface area contributed by atoms with E-state index in [-0.39, 0.29) is 12.5 Å². The quantitative estimate of drug-likeness (QED) is 0.651. The Balaban J connectivity index is 1.83. The molecule has 0 unspecified atom stereocenters. The lowest BCUT2D eigenvalue weighted by Gasteiger charge is -2.12. The van der Waals surface area contributed by atoms with Crippen LogP contribution in [0.15, 0.2) is 54.6 Å². The number of aliphatic hydroxyl groups excluding tert-OH is 1. The van der Waals surface area contributed by atoms with E-state index in [0.717, 1.165) is 16.7 Å². The number of hydrogen-bond donors (Lipinski definition) is 3. The number of fused-ring (bicyclic) bond motifs is 1. The fourth-order valence-electron chi connectivity index (χ4n) is 2.48. The predicted molar refractivity (Wildman–Crippen MR) is 95.0 cm³/mol. The number of hydrogen-bond acceptors (Lipinski definition) is 4. The molecule has 1 aromatic heterocycles. The van der Waals surface area contributed by atoms with E-state index < -0.39 is 6.10 Å². The van der Waals surface area contributed by atoms with Crippen molar-refractivity contribution in [1.82, 2.24) is 9.55 Å². The van der Waals surface area contributed by atoms with E-state index in [2.05, 4.69) is 15.6 Å². The Morgan fingerprint density at radius 1 is 1.17 bits per heavy atom. The van der Waals surface area contributed by atoms with Crippen LogP contribution in [0.2, 0.25) is 0 Å². The van der Waals surface area contributed by atoms with Crippen LogP contribution in [-0.4, -0.2) is 33.2 Å². The second-order valence-corrected chi connectivity index (χ2v) is 5.65. The predicted octanol–water partition coefficient (Wildman–Crippen LogP) is 2.47. The summed E-state index contributed by atoms with van der Waals surface area (Å²) >= 11 is 0. The Kier molecular flexibility index (Phi) is 4.77. The van der Waals surface area contributed by atoms with Gasteiger partial charge in [0, 0.05) is 12.2 Å². The molecule has 1 atom stereocenters. The van der Waals surface area contributed by atoms with Crippen molar-refractivity contribution in [3.63, 3.8) is 0 Å². The van der Waals surface area contributed by atoms with Gasteiger partial charge >= 0.3 is 0 Å². The van der Waals surface area contributed by atoms with Gasteiger partial charge in [-0.1, -0.05) is 30.3 Å². The molecule has 0 aliphatic heterocycles. The maximum Gasteiger partial charge on any atom is 0.244 e. The standard InChI is InChI=1S/C18H20N4O2/c1-13(23)11-19-18-21-15-9-5-6-10-16(15)22(18)12-17(24)20-14-7-3-2-4-8-14/h2-10,13,23H,11-12H2,1H3,(H,19,21)(H,20,24)/t13-/m0/s1. The third kappa shape index (κ3) is 3.72. The first kappa shape index (κ1) is 16.0. The zero-order valence-corrected chi connectivity index (χ0v) is 13.4. The Bertz CT molecular complexity index is 827. The van der Waals surface area contributed by atoms with Crippen molar-refractivity contribution in [2.24, 2.45) is 0 Å². The van der Waals surface area contributed by atoms with Gasteiger partial charge in [-0.3, -0.25) is 4.79 Å². The molecule has 124 valence electrons. The summed E-state index contributed by atoms with van der Waals surface area (Å²) < 4.78 is 1.82. The summed E-state index contributed by atoms with van der Waals surface area (Å²) in [7, 11) is 0. The number of aromatic nitrogens is 2. The third-order valence-corrected chi connectivity index (χ3v) is 3.57. The van der Waals surface area contributed by atoms with E-state index in [4.69, 9.17) is 0 Å². The lowest BCUT2D eigenvalue weighted by molar-refractivity contribution is -0.116. The molecular formula is C18H20N4O2. The van der Waals surface area contributed by atoms with Crippen molar-refractivity contribution in [1.29, 1.82) is 0 Å². The van der Waals surface area contributed by atoms with Crippen molar-refractivity contribution in [2.45, 2.75) is 19.6 Å². The highest BCUT2D eigenvalue weighted by Crippen LogP contribution is 2.19. The molecule has 6 nitrogen and oxygen atoms in total. The van der Waals surface area contributed by atoms with Gasteiger partial charge in [0.1, 0.15) is 6.54 Å². The Morgan fingerprint density at radius 2 is 1.88 bits per heavy atom. The highest BCUT2D eigenvalue weighted by atomic mass is 16.3. The van der Waals surface area contributed by atoms with Gasteiger partial charge < -0.3 is 20.3 Å². The third-order valence-electron chi connectivity index (χ3n) is 3.57. The highest BCUT2D eigenvalue weighted by Gasteiger charge is 2.14. The van der Waals surface area contributed by atoms with Crippen LogP contribution in [0, 0.1) is 0 Å². The van der Waals surface area contributed by atoms with Gasteiger partial charge in [0.15, 0.2) is 0 Å². The smallest absolute Gasteiger partial charge is 0.244 e. The number of aliphatic hydroxyl groups is 1. The minimum atomic E-state index is -0.503. The number of carbonyl (C=O) groups is 1. The van der Waals surface area contributed by atoms with Crippen molar-refractivity contribution < 1.29 is 9.90 Å². The normalized spacial score (nSPS) is 12.1. The minimum absolute atomic E-state index is 0.135. The molecule has 24 heavy (non-hydrogen) atoms. The SMILES string of the molecule is C[C@H](O)CNc1nc2ccccc2n1CC(=O)Nc1ccccc1. The van der Waals surface area contributed by atoms with Crippen LogP contribution in [0.3, 0.4) is 0 Å². The van der Waals surface area contributed by atoms with Gasteiger partial charge in [0.05, 0.1) is 17.1 Å². The number of benzene rings is 2. The fourth-order valence-corrected chi connectivity index (χ4v) is 2.48.